The Kier molecular flexibility index (Phi) is 3.40. The van der Waals surface area contributed by atoms with E-state index in [1.807, 2.05) is 0 Å². The van der Waals surface area contributed by atoms with Gasteiger partial charge in [-0.2, -0.15) is 0 Å². The van der Waals surface area contributed by atoms with Gasteiger partial charge in [0.15, 0.2) is 0 Å². The summed E-state index contributed by atoms with van der Waals surface area (Å²) in [4.78, 5) is 22.6. The van der Waals surface area contributed by atoms with Crippen LogP contribution < -0.4 is 10.6 Å². The summed E-state index contributed by atoms with van der Waals surface area (Å²) in [5.41, 5.74) is 0. The number of aliphatic carboxylic acids is 1. The van der Waals surface area contributed by atoms with E-state index in [1.54, 1.807) is 0 Å². The zero-order valence-corrected chi connectivity index (χ0v) is 8.94. The minimum atomic E-state index is -0.915. The van der Waals surface area contributed by atoms with Crippen LogP contribution in [0.3, 0.4) is 0 Å². The van der Waals surface area contributed by atoms with Crippen molar-refractivity contribution in [2.75, 3.05) is 19.8 Å². The fourth-order valence-corrected chi connectivity index (χ4v) is 2.13. The van der Waals surface area contributed by atoms with Crippen LogP contribution in [0.2, 0.25) is 0 Å². The van der Waals surface area contributed by atoms with E-state index in [0.717, 1.165) is 19.4 Å². The lowest BCUT2D eigenvalue weighted by atomic mass is 10.0. The van der Waals surface area contributed by atoms with Crippen LogP contribution in [-0.4, -0.2) is 48.8 Å². The van der Waals surface area contributed by atoms with Gasteiger partial charge in [-0.05, 0) is 19.4 Å². The second-order valence-corrected chi connectivity index (χ2v) is 4.25. The van der Waals surface area contributed by atoms with Crippen LogP contribution in [0.5, 0.6) is 0 Å². The van der Waals surface area contributed by atoms with E-state index in [-0.39, 0.29) is 25.2 Å². The van der Waals surface area contributed by atoms with Crippen LogP contribution in [0.1, 0.15) is 12.8 Å². The van der Waals surface area contributed by atoms with Gasteiger partial charge >= 0.3 is 5.97 Å². The standard InChI is InChI=1S/C10H16N2O4/c13-9(7-2-1-3-11-7)12-8-5-16-4-6(8)10(14)15/h6-8,11H,1-5H2,(H,12,13)(H,14,15). The number of carboxylic acids is 1. The van der Waals surface area contributed by atoms with Crippen molar-refractivity contribution in [1.82, 2.24) is 10.6 Å². The van der Waals surface area contributed by atoms with Gasteiger partial charge in [0.05, 0.1) is 25.3 Å². The average molecular weight is 228 g/mol. The average Bonchev–Trinajstić information content (AvgIpc) is 2.86. The van der Waals surface area contributed by atoms with E-state index in [2.05, 4.69) is 10.6 Å². The first kappa shape index (κ1) is 11.3. The van der Waals surface area contributed by atoms with Crippen molar-refractivity contribution >= 4 is 11.9 Å². The van der Waals surface area contributed by atoms with E-state index < -0.39 is 17.9 Å². The number of carboxylic acid groups (broad SMARTS) is 1. The van der Waals surface area contributed by atoms with Crippen molar-refractivity contribution in [2.45, 2.75) is 24.9 Å². The van der Waals surface area contributed by atoms with Crippen LogP contribution in [0.15, 0.2) is 0 Å². The second kappa shape index (κ2) is 4.80. The Hall–Kier alpha value is -1.14. The molecule has 0 saturated carbocycles. The van der Waals surface area contributed by atoms with Crippen molar-refractivity contribution in [1.29, 1.82) is 0 Å². The molecule has 0 aliphatic carbocycles. The SMILES string of the molecule is O=C(NC1COCC1C(=O)O)C1CCCN1. The predicted octanol–water partition coefficient (Wildman–Crippen LogP) is -1.05. The molecule has 1 amide bonds. The van der Waals surface area contributed by atoms with E-state index in [1.165, 1.54) is 0 Å². The van der Waals surface area contributed by atoms with E-state index in [9.17, 15) is 9.59 Å². The predicted molar refractivity (Wildman–Crippen MR) is 54.9 cm³/mol. The number of amides is 1. The molecule has 2 rings (SSSR count). The molecule has 2 fully saturated rings. The molecule has 2 aliphatic rings. The van der Waals surface area contributed by atoms with Crippen molar-refractivity contribution in [2.24, 2.45) is 5.92 Å². The zero-order chi connectivity index (χ0) is 11.5. The van der Waals surface area contributed by atoms with Gasteiger partial charge in [0.25, 0.3) is 0 Å². The Morgan fingerprint density at radius 3 is 2.81 bits per heavy atom. The number of carbonyl (C=O) groups is 2. The molecule has 3 atom stereocenters. The molecule has 90 valence electrons. The quantitative estimate of drug-likeness (QED) is 0.574. The smallest absolute Gasteiger partial charge is 0.311 e. The molecule has 0 spiro atoms. The summed E-state index contributed by atoms with van der Waals surface area (Å²) in [6.07, 6.45) is 1.80. The molecular formula is C10H16N2O4. The Morgan fingerprint density at radius 2 is 2.19 bits per heavy atom. The molecule has 6 heteroatoms. The highest BCUT2D eigenvalue weighted by Crippen LogP contribution is 2.15. The van der Waals surface area contributed by atoms with Crippen LogP contribution in [0, 0.1) is 5.92 Å². The summed E-state index contributed by atoms with van der Waals surface area (Å²) in [7, 11) is 0. The highest BCUT2D eigenvalue weighted by Gasteiger charge is 2.36. The monoisotopic (exact) mass is 228 g/mol. The van der Waals surface area contributed by atoms with Gasteiger partial charge in [-0.3, -0.25) is 9.59 Å². The van der Waals surface area contributed by atoms with Gasteiger partial charge in [0.2, 0.25) is 5.91 Å². The molecule has 2 saturated heterocycles. The summed E-state index contributed by atoms with van der Waals surface area (Å²) in [5.74, 6) is -1.65. The third-order valence-electron chi connectivity index (χ3n) is 3.10. The molecule has 0 aromatic carbocycles. The first-order valence-electron chi connectivity index (χ1n) is 5.53. The van der Waals surface area contributed by atoms with Crippen LogP contribution in [0.4, 0.5) is 0 Å². The van der Waals surface area contributed by atoms with E-state index in [4.69, 9.17) is 9.84 Å². The maximum absolute atomic E-state index is 11.7. The fourth-order valence-electron chi connectivity index (χ4n) is 2.13. The fraction of sp³-hybridized carbons (Fsp3) is 0.800. The normalized spacial score (nSPS) is 33.9. The second-order valence-electron chi connectivity index (χ2n) is 4.25. The first-order chi connectivity index (χ1) is 7.68. The maximum Gasteiger partial charge on any atom is 0.311 e. The molecule has 0 aromatic heterocycles. The summed E-state index contributed by atoms with van der Waals surface area (Å²) in [6.45, 7) is 1.31. The zero-order valence-electron chi connectivity index (χ0n) is 8.94. The summed E-state index contributed by atoms with van der Waals surface area (Å²) in [5, 5.41) is 14.7. The number of ether oxygens (including phenoxy) is 1. The molecule has 0 radical (unpaired) electrons. The van der Waals surface area contributed by atoms with Crippen molar-refractivity contribution < 1.29 is 19.4 Å². The van der Waals surface area contributed by atoms with Crippen LogP contribution in [0.25, 0.3) is 0 Å². The Labute approximate surface area is 93.3 Å². The Morgan fingerprint density at radius 1 is 1.38 bits per heavy atom. The van der Waals surface area contributed by atoms with Gasteiger partial charge in [0.1, 0.15) is 5.92 Å². The van der Waals surface area contributed by atoms with Crippen molar-refractivity contribution in [3.8, 4) is 0 Å². The Balaban J connectivity index is 1.88. The number of carbonyl (C=O) groups excluding carboxylic acids is 1. The third-order valence-corrected chi connectivity index (χ3v) is 3.10. The summed E-state index contributed by atoms with van der Waals surface area (Å²) < 4.78 is 5.08. The van der Waals surface area contributed by atoms with E-state index in [0.29, 0.717) is 0 Å². The van der Waals surface area contributed by atoms with Crippen molar-refractivity contribution in [3.05, 3.63) is 0 Å². The highest BCUT2D eigenvalue weighted by atomic mass is 16.5. The lowest BCUT2D eigenvalue weighted by molar-refractivity contribution is -0.142. The van der Waals surface area contributed by atoms with Crippen molar-refractivity contribution in [3.63, 3.8) is 0 Å². The highest BCUT2D eigenvalue weighted by molar-refractivity contribution is 5.83. The lowest BCUT2D eigenvalue weighted by Gasteiger charge is -2.18. The van der Waals surface area contributed by atoms with Crippen LogP contribution >= 0.6 is 0 Å². The molecule has 3 unspecified atom stereocenters. The minimum absolute atomic E-state index is 0.112. The van der Waals surface area contributed by atoms with Gasteiger partial charge < -0.3 is 20.5 Å². The molecule has 16 heavy (non-hydrogen) atoms. The summed E-state index contributed by atoms with van der Waals surface area (Å²) in [6, 6.07) is -0.567. The number of nitrogens with one attached hydrogen (secondary N) is 2. The van der Waals surface area contributed by atoms with Gasteiger partial charge in [-0.15, -0.1) is 0 Å². The number of rotatable bonds is 3. The van der Waals surface area contributed by atoms with Gasteiger partial charge in [-0.25, -0.2) is 0 Å². The maximum atomic E-state index is 11.7. The largest absolute Gasteiger partial charge is 0.481 e. The number of hydrogen-bond acceptors (Lipinski definition) is 4. The molecule has 0 aromatic rings. The van der Waals surface area contributed by atoms with Gasteiger partial charge in [0, 0.05) is 0 Å². The molecular weight excluding hydrogens is 212 g/mol. The van der Waals surface area contributed by atoms with Gasteiger partial charge in [-0.1, -0.05) is 0 Å². The molecule has 0 bridgehead atoms. The minimum Gasteiger partial charge on any atom is -0.481 e. The Bertz CT molecular complexity index is 289. The molecule has 6 nitrogen and oxygen atoms in total. The third kappa shape index (κ3) is 2.33. The topological polar surface area (TPSA) is 87.7 Å². The molecule has 3 N–H and O–H groups in total. The lowest BCUT2D eigenvalue weighted by Crippen LogP contribution is -2.49. The van der Waals surface area contributed by atoms with E-state index >= 15 is 0 Å². The molecule has 2 heterocycles. The number of hydrogen-bond donors (Lipinski definition) is 3. The van der Waals surface area contributed by atoms with Crippen LogP contribution in [-0.2, 0) is 14.3 Å². The first-order valence-corrected chi connectivity index (χ1v) is 5.53. The molecule has 2 aliphatic heterocycles. The summed E-state index contributed by atoms with van der Waals surface area (Å²) >= 11 is 0.